The van der Waals surface area contributed by atoms with Gasteiger partial charge in [0.25, 0.3) is 0 Å². The van der Waals surface area contributed by atoms with Crippen LogP contribution in [0.2, 0.25) is 5.02 Å². The lowest BCUT2D eigenvalue weighted by molar-refractivity contribution is 0.162. The zero-order chi connectivity index (χ0) is 16.5. The Morgan fingerprint density at radius 3 is 3.08 bits per heavy atom. The second kappa shape index (κ2) is 6.43. The number of hydrogen-bond donors (Lipinski definition) is 1. The fraction of sp³-hybridized carbons (Fsp3) is 0.471. The van der Waals surface area contributed by atoms with E-state index in [1.807, 2.05) is 27.8 Å². The van der Waals surface area contributed by atoms with Crippen molar-refractivity contribution in [3.63, 3.8) is 0 Å². The number of carbonyl (C=O) groups is 1. The van der Waals surface area contributed by atoms with E-state index in [9.17, 15) is 4.79 Å². The number of carbonyl (C=O) groups excluding carboxylic acids is 1. The van der Waals surface area contributed by atoms with Crippen molar-refractivity contribution in [1.82, 2.24) is 25.0 Å². The smallest absolute Gasteiger partial charge is 0.317 e. The van der Waals surface area contributed by atoms with Gasteiger partial charge in [-0.3, -0.25) is 0 Å². The molecule has 6 nitrogen and oxygen atoms in total. The van der Waals surface area contributed by atoms with Crippen molar-refractivity contribution in [2.75, 3.05) is 13.1 Å². The van der Waals surface area contributed by atoms with Crippen molar-refractivity contribution in [3.05, 3.63) is 47.5 Å². The highest BCUT2D eigenvalue weighted by Crippen LogP contribution is 2.41. The average molecular weight is 346 g/mol. The van der Waals surface area contributed by atoms with E-state index in [0.29, 0.717) is 12.5 Å². The standard InChI is InChI=1S/C17H20ClN5O/c18-13-4-1-3-12(7-13)15-8-16(15)21-17(24)22-6-2-5-14(9-22)23-11-19-10-20-23/h1,3-4,7,10-11,14-16H,2,5-6,8-9H2,(H,21,24)/t14-,15+,16-/m1/s1. The number of urea groups is 1. The molecule has 2 aromatic rings. The molecule has 1 saturated heterocycles. The molecule has 1 aromatic heterocycles. The highest BCUT2D eigenvalue weighted by atomic mass is 35.5. The minimum absolute atomic E-state index is 0.0225. The monoisotopic (exact) mass is 345 g/mol. The van der Waals surface area contributed by atoms with Crippen LogP contribution in [0.5, 0.6) is 0 Å². The normalized spacial score (nSPS) is 26.2. The molecule has 2 heterocycles. The van der Waals surface area contributed by atoms with Crippen LogP contribution in [0, 0.1) is 0 Å². The number of aromatic nitrogens is 3. The first-order valence-corrected chi connectivity index (χ1v) is 8.73. The maximum atomic E-state index is 12.6. The summed E-state index contributed by atoms with van der Waals surface area (Å²) in [6.07, 6.45) is 6.26. The van der Waals surface area contributed by atoms with Gasteiger partial charge in [-0.15, -0.1) is 0 Å². The molecular weight excluding hydrogens is 326 g/mol. The first kappa shape index (κ1) is 15.4. The predicted molar refractivity (Wildman–Crippen MR) is 91.0 cm³/mol. The number of halogens is 1. The molecule has 2 fully saturated rings. The lowest BCUT2D eigenvalue weighted by Crippen LogP contribution is -2.46. The highest BCUT2D eigenvalue weighted by Gasteiger charge is 2.40. The quantitative estimate of drug-likeness (QED) is 0.930. The molecule has 0 bridgehead atoms. The SMILES string of the molecule is O=C(N[C@@H]1C[C@H]1c1cccc(Cl)c1)N1CCC[C@@H](n2cncn2)C1. The minimum atomic E-state index is 0.0225. The zero-order valence-corrected chi connectivity index (χ0v) is 14.1. The molecule has 1 aliphatic carbocycles. The van der Waals surface area contributed by atoms with E-state index < -0.39 is 0 Å². The number of nitrogens with zero attached hydrogens (tertiary/aromatic N) is 4. The molecule has 24 heavy (non-hydrogen) atoms. The van der Waals surface area contributed by atoms with Crippen molar-refractivity contribution in [3.8, 4) is 0 Å². The van der Waals surface area contributed by atoms with E-state index in [0.717, 1.165) is 30.8 Å². The van der Waals surface area contributed by atoms with Gasteiger partial charge in [0.15, 0.2) is 0 Å². The lowest BCUT2D eigenvalue weighted by Gasteiger charge is -2.32. The van der Waals surface area contributed by atoms with Crippen LogP contribution < -0.4 is 5.32 Å². The molecular formula is C17H20ClN5O. The Morgan fingerprint density at radius 2 is 2.29 bits per heavy atom. The van der Waals surface area contributed by atoms with Crippen LogP contribution in [0.25, 0.3) is 0 Å². The van der Waals surface area contributed by atoms with Crippen LogP contribution in [-0.2, 0) is 0 Å². The highest BCUT2D eigenvalue weighted by molar-refractivity contribution is 6.30. The van der Waals surface area contributed by atoms with E-state index in [4.69, 9.17) is 11.6 Å². The fourth-order valence-corrected chi connectivity index (χ4v) is 3.67. The molecule has 0 spiro atoms. The van der Waals surface area contributed by atoms with Crippen molar-refractivity contribution in [1.29, 1.82) is 0 Å². The first-order chi connectivity index (χ1) is 11.7. The van der Waals surface area contributed by atoms with Gasteiger partial charge in [0, 0.05) is 30.1 Å². The Balaban J connectivity index is 1.34. The van der Waals surface area contributed by atoms with Crippen molar-refractivity contribution in [2.45, 2.75) is 37.3 Å². The number of benzene rings is 1. The molecule has 0 radical (unpaired) electrons. The number of rotatable bonds is 3. The summed E-state index contributed by atoms with van der Waals surface area (Å²) in [5.41, 5.74) is 1.20. The van der Waals surface area contributed by atoms with Gasteiger partial charge in [0.2, 0.25) is 0 Å². The minimum Gasteiger partial charge on any atom is -0.335 e. The third-order valence-electron chi connectivity index (χ3n) is 4.87. The van der Waals surface area contributed by atoms with Crippen LogP contribution in [0.4, 0.5) is 4.79 Å². The molecule has 1 aliphatic heterocycles. The van der Waals surface area contributed by atoms with Crippen LogP contribution in [0.3, 0.4) is 0 Å². The van der Waals surface area contributed by atoms with Crippen LogP contribution in [-0.4, -0.2) is 44.8 Å². The molecule has 2 amide bonds. The molecule has 1 saturated carbocycles. The van der Waals surface area contributed by atoms with Crippen LogP contribution >= 0.6 is 11.6 Å². The van der Waals surface area contributed by atoms with Gasteiger partial charge in [-0.25, -0.2) is 14.5 Å². The van der Waals surface area contributed by atoms with Gasteiger partial charge >= 0.3 is 6.03 Å². The summed E-state index contributed by atoms with van der Waals surface area (Å²) >= 11 is 6.05. The first-order valence-electron chi connectivity index (χ1n) is 8.36. The Labute approximate surface area is 145 Å². The van der Waals surface area contributed by atoms with Crippen LogP contribution in [0.1, 0.15) is 36.8 Å². The summed E-state index contributed by atoms with van der Waals surface area (Å²) in [6.45, 7) is 1.48. The maximum Gasteiger partial charge on any atom is 0.317 e. The molecule has 1 N–H and O–H groups in total. The van der Waals surface area contributed by atoms with Gasteiger partial charge in [0.05, 0.1) is 6.04 Å². The Bertz CT molecular complexity index is 720. The van der Waals surface area contributed by atoms with Crippen molar-refractivity contribution >= 4 is 17.6 Å². The van der Waals surface area contributed by atoms with E-state index >= 15 is 0 Å². The summed E-state index contributed by atoms with van der Waals surface area (Å²) in [5, 5.41) is 8.10. The second-order valence-electron chi connectivity index (χ2n) is 6.57. The molecule has 126 valence electrons. The topological polar surface area (TPSA) is 63.1 Å². The third-order valence-corrected chi connectivity index (χ3v) is 5.11. The van der Waals surface area contributed by atoms with E-state index in [2.05, 4.69) is 21.5 Å². The molecule has 2 aliphatic rings. The van der Waals surface area contributed by atoms with Crippen molar-refractivity contribution in [2.24, 2.45) is 0 Å². The Kier molecular flexibility index (Phi) is 4.14. The molecule has 3 atom stereocenters. The molecule has 7 heteroatoms. The van der Waals surface area contributed by atoms with E-state index in [1.165, 1.54) is 5.56 Å². The summed E-state index contributed by atoms with van der Waals surface area (Å²) < 4.78 is 1.85. The zero-order valence-electron chi connectivity index (χ0n) is 13.3. The summed E-state index contributed by atoms with van der Waals surface area (Å²) in [4.78, 5) is 18.4. The number of likely N-dealkylation sites (tertiary alicyclic amines) is 1. The van der Waals surface area contributed by atoms with Gasteiger partial charge in [-0.1, -0.05) is 23.7 Å². The van der Waals surface area contributed by atoms with Crippen molar-refractivity contribution < 1.29 is 4.79 Å². The van der Waals surface area contributed by atoms with Gasteiger partial charge in [0.1, 0.15) is 12.7 Å². The predicted octanol–water partition coefficient (Wildman–Crippen LogP) is 2.83. The molecule has 4 rings (SSSR count). The maximum absolute atomic E-state index is 12.6. The van der Waals surface area contributed by atoms with Gasteiger partial charge in [-0.05, 0) is 37.0 Å². The molecule has 1 aromatic carbocycles. The Morgan fingerprint density at radius 1 is 1.38 bits per heavy atom. The summed E-state index contributed by atoms with van der Waals surface area (Å²) in [5.74, 6) is 0.378. The largest absolute Gasteiger partial charge is 0.335 e. The van der Waals surface area contributed by atoms with E-state index in [-0.39, 0.29) is 18.1 Å². The number of hydrogen-bond acceptors (Lipinski definition) is 3. The summed E-state index contributed by atoms with van der Waals surface area (Å²) in [7, 11) is 0. The van der Waals surface area contributed by atoms with Crippen LogP contribution in [0.15, 0.2) is 36.9 Å². The third kappa shape index (κ3) is 3.24. The second-order valence-corrected chi connectivity index (χ2v) is 7.01. The van der Waals surface area contributed by atoms with Gasteiger partial charge < -0.3 is 10.2 Å². The fourth-order valence-electron chi connectivity index (χ4n) is 3.47. The number of piperidine rings is 1. The molecule has 0 unspecified atom stereocenters. The summed E-state index contributed by atoms with van der Waals surface area (Å²) in [6, 6.07) is 8.35. The Hall–Kier alpha value is -2.08. The lowest BCUT2D eigenvalue weighted by atomic mass is 10.1. The number of nitrogens with one attached hydrogen (secondary N) is 1. The van der Waals surface area contributed by atoms with E-state index in [1.54, 1.807) is 12.7 Å². The number of amides is 2. The average Bonchev–Trinajstić information content (AvgIpc) is 3.14. The van der Waals surface area contributed by atoms with Gasteiger partial charge in [-0.2, -0.15) is 5.10 Å².